The van der Waals surface area contributed by atoms with Crippen molar-refractivity contribution < 1.29 is 13.9 Å². The first-order chi connectivity index (χ1) is 14.2. The summed E-state index contributed by atoms with van der Waals surface area (Å²) in [6, 6.07) is 9.94. The Bertz CT molecular complexity index is 1180. The van der Waals surface area contributed by atoms with Gasteiger partial charge in [-0.3, -0.25) is 9.78 Å². The van der Waals surface area contributed by atoms with Crippen LogP contribution in [0.1, 0.15) is 16.1 Å². The van der Waals surface area contributed by atoms with E-state index in [0.717, 1.165) is 11.1 Å². The molecule has 0 fully saturated rings. The second-order valence-corrected chi connectivity index (χ2v) is 6.79. The minimum absolute atomic E-state index is 0.279. The number of rotatable bonds is 4. The second-order valence-electron chi connectivity index (χ2n) is 6.79. The molecule has 5 rings (SSSR count). The van der Waals surface area contributed by atoms with Gasteiger partial charge in [0.1, 0.15) is 17.7 Å². The maximum Gasteiger partial charge on any atom is 0.272 e. The first kappa shape index (κ1) is 17.3. The number of hydrogen-bond donors (Lipinski definition) is 1. The summed E-state index contributed by atoms with van der Waals surface area (Å²) in [5.41, 5.74) is 3.10. The van der Waals surface area contributed by atoms with Crippen LogP contribution < -0.4 is 10.1 Å². The van der Waals surface area contributed by atoms with Gasteiger partial charge in [0.25, 0.3) is 5.91 Å². The van der Waals surface area contributed by atoms with Gasteiger partial charge in [0.15, 0.2) is 11.3 Å². The molecule has 144 valence electrons. The Morgan fingerprint density at radius 1 is 1.28 bits per heavy atom. The van der Waals surface area contributed by atoms with E-state index in [0.29, 0.717) is 23.4 Å². The molecule has 1 aliphatic heterocycles. The van der Waals surface area contributed by atoms with Gasteiger partial charge in [-0.25, -0.2) is 13.9 Å². The van der Waals surface area contributed by atoms with Crippen LogP contribution in [-0.4, -0.2) is 38.1 Å². The molecule has 0 bridgehead atoms. The van der Waals surface area contributed by atoms with Gasteiger partial charge in [0, 0.05) is 54.0 Å². The van der Waals surface area contributed by atoms with Crippen LogP contribution in [0.25, 0.3) is 16.8 Å². The maximum atomic E-state index is 14.1. The number of carbonyl (C=O) groups excluding carboxylic acids is 1. The van der Waals surface area contributed by atoms with Crippen molar-refractivity contribution >= 4 is 11.6 Å². The van der Waals surface area contributed by atoms with Crippen LogP contribution in [0.15, 0.2) is 61.2 Å². The highest BCUT2D eigenvalue weighted by Gasteiger charge is 2.27. The normalized spacial score (nSPS) is 15.1. The number of fused-ring (bicyclic) bond motifs is 2. The minimum Gasteiger partial charge on any atom is -0.487 e. The van der Waals surface area contributed by atoms with Crippen LogP contribution in [0.2, 0.25) is 0 Å². The molecule has 4 aromatic rings. The highest BCUT2D eigenvalue weighted by Crippen LogP contribution is 2.39. The van der Waals surface area contributed by atoms with Crippen LogP contribution in [0.5, 0.6) is 5.75 Å². The van der Waals surface area contributed by atoms with Crippen LogP contribution in [0.4, 0.5) is 4.39 Å². The first-order valence-electron chi connectivity index (χ1n) is 9.15. The van der Waals surface area contributed by atoms with Crippen molar-refractivity contribution in [2.45, 2.75) is 12.5 Å². The minimum atomic E-state index is -0.326. The molecule has 7 nitrogen and oxygen atoms in total. The maximum absolute atomic E-state index is 14.1. The SMILES string of the molecule is O=C(NCC1Cc2cc(F)cc(-c3cccnc3)c2O1)c1cc2ncccn2n1. The fourth-order valence-corrected chi connectivity index (χ4v) is 3.48. The summed E-state index contributed by atoms with van der Waals surface area (Å²) >= 11 is 0. The molecular formula is C21H16FN5O2. The molecule has 1 aliphatic rings. The molecule has 0 saturated carbocycles. The average molecular weight is 389 g/mol. The van der Waals surface area contributed by atoms with Crippen LogP contribution in [-0.2, 0) is 6.42 Å². The molecule has 1 aromatic carbocycles. The van der Waals surface area contributed by atoms with Crippen molar-refractivity contribution in [3.05, 3.63) is 78.3 Å². The Morgan fingerprint density at radius 3 is 3.03 bits per heavy atom. The Balaban J connectivity index is 1.31. The van der Waals surface area contributed by atoms with Crippen molar-refractivity contribution in [1.29, 1.82) is 0 Å². The lowest BCUT2D eigenvalue weighted by atomic mass is 10.0. The van der Waals surface area contributed by atoms with E-state index < -0.39 is 0 Å². The summed E-state index contributed by atoms with van der Waals surface area (Å²) in [6.45, 7) is 0.281. The predicted octanol–water partition coefficient (Wildman–Crippen LogP) is 2.66. The van der Waals surface area contributed by atoms with E-state index in [1.165, 1.54) is 12.1 Å². The summed E-state index contributed by atoms with van der Waals surface area (Å²) in [5, 5.41) is 7.04. The van der Waals surface area contributed by atoms with Crippen molar-refractivity contribution in [1.82, 2.24) is 24.9 Å². The molecule has 0 saturated heterocycles. The molecule has 29 heavy (non-hydrogen) atoms. The van der Waals surface area contributed by atoms with Crippen molar-refractivity contribution in [3.63, 3.8) is 0 Å². The fraction of sp³-hybridized carbons (Fsp3) is 0.143. The molecule has 3 aromatic heterocycles. The number of benzene rings is 1. The van der Waals surface area contributed by atoms with Crippen molar-refractivity contribution in [3.8, 4) is 16.9 Å². The van der Waals surface area contributed by atoms with Gasteiger partial charge in [-0.1, -0.05) is 6.07 Å². The lowest BCUT2D eigenvalue weighted by Gasteiger charge is -2.13. The molecule has 0 spiro atoms. The lowest BCUT2D eigenvalue weighted by Crippen LogP contribution is -2.34. The van der Waals surface area contributed by atoms with Crippen molar-refractivity contribution in [2.75, 3.05) is 6.54 Å². The number of ether oxygens (including phenoxy) is 1. The van der Waals surface area contributed by atoms with E-state index in [4.69, 9.17) is 4.74 Å². The Hall–Kier alpha value is -3.81. The molecular weight excluding hydrogens is 373 g/mol. The molecule has 1 unspecified atom stereocenters. The molecule has 8 heteroatoms. The van der Waals surface area contributed by atoms with E-state index in [9.17, 15) is 9.18 Å². The monoisotopic (exact) mass is 389 g/mol. The van der Waals surface area contributed by atoms with Gasteiger partial charge >= 0.3 is 0 Å². The molecule has 4 heterocycles. The highest BCUT2D eigenvalue weighted by molar-refractivity contribution is 5.93. The average Bonchev–Trinajstić information content (AvgIpc) is 3.36. The van der Waals surface area contributed by atoms with E-state index in [1.807, 2.05) is 6.07 Å². The topological polar surface area (TPSA) is 81.4 Å². The summed E-state index contributed by atoms with van der Waals surface area (Å²) in [4.78, 5) is 20.7. The van der Waals surface area contributed by atoms with E-state index in [-0.39, 0.29) is 30.1 Å². The van der Waals surface area contributed by atoms with Gasteiger partial charge in [-0.2, -0.15) is 5.10 Å². The van der Waals surface area contributed by atoms with E-state index in [1.54, 1.807) is 47.5 Å². The number of hydrogen-bond acceptors (Lipinski definition) is 5. The predicted molar refractivity (Wildman–Crippen MR) is 103 cm³/mol. The van der Waals surface area contributed by atoms with Crippen LogP contribution in [0.3, 0.4) is 0 Å². The molecule has 1 atom stereocenters. The van der Waals surface area contributed by atoms with Gasteiger partial charge in [0.2, 0.25) is 0 Å². The standard InChI is InChI=1S/C21H16FN5O2/c22-15-7-14-8-16(29-20(14)17(9-15)13-3-1-4-23-11-13)12-25-21(28)18-10-19-24-5-2-6-27(19)26-18/h1-7,9-11,16H,8,12H2,(H,25,28). The number of nitrogens with zero attached hydrogens (tertiary/aromatic N) is 4. The number of aromatic nitrogens is 4. The third-order valence-electron chi connectivity index (χ3n) is 4.79. The Labute approximate surface area is 165 Å². The Morgan fingerprint density at radius 2 is 2.21 bits per heavy atom. The number of pyridine rings is 1. The summed E-state index contributed by atoms with van der Waals surface area (Å²) in [6.07, 6.45) is 6.92. The van der Waals surface area contributed by atoms with Crippen LogP contribution in [0, 0.1) is 5.82 Å². The largest absolute Gasteiger partial charge is 0.487 e. The summed E-state index contributed by atoms with van der Waals surface area (Å²) in [7, 11) is 0. The van der Waals surface area contributed by atoms with Gasteiger partial charge in [-0.15, -0.1) is 0 Å². The zero-order valence-electron chi connectivity index (χ0n) is 15.2. The highest BCUT2D eigenvalue weighted by atomic mass is 19.1. The quantitative estimate of drug-likeness (QED) is 0.580. The number of carbonyl (C=O) groups is 1. The number of amides is 1. The summed E-state index contributed by atoms with van der Waals surface area (Å²) < 4.78 is 21.7. The van der Waals surface area contributed by atoms with Gasteiger partial charge in [-0.05, 0) is 24.3 Å². The number of nitrogens with one attached hydrogen (secondary N) is 1. The third kappa shape index (κ3) is 3.29. The zero-order valence-corrected chi connectivity index (χ0v) is 15.2. The second kappa shape index (κ2) is 6.97. The van der Waals surface area contributed by atoms with E-state index >= 15 is 0 Å². The first-order valence-corrected chi connectivity index (χ1v) is 9.15. The fourth-order valence-electron chi connectivity index (χ4n) is 3.48. The zero-order chi connectivity index (χ0) is 19.8. The van der Waals surface area contributed by atoms with Gasteiger partial charge < -0.3 is 10.1 Å². The smallest absolute Gasteiger partial charge is 0.272 e. The Kier molecular flexibility index (Phi) is 4.16. The molecule has 0 radical (unpaired) electrons. The van der Waals surface area contributed by atoms with E-state index in [2.05, 4.69) is 20.4 Å². The molecule has 0 aliphatic carbocycles. The van der Waals surface area contributed by atoms with Crippen LogP contribution >= 0.6 is 0 Å². The lowest BCUT2D eigenvalue weighted by molar-refractivity contribution is 0.0928. The molecule has 1 N–H and O–H groups in total. The number of halogens is 1. The third-order valence-corrected chi connectivity index (χ3v) is 4.79. The van der Waals surface area contributed by atoms with Gasteiger partial charge in [0.05, 0.1) is 6.54 Å². The molecule has 1 amide bonds. The van der Waals surface area contributed by atoms with Crippen molar-refractivity contribution in [2.24, 2.45) is 0 Å². The summed E-state index contributed by atoms with van der Waals surface area (Å²) in [5.74, 6) is -0.00242.